The molecule has 1 N–H and O–H groups in total. The highest BCUT2D eigenvalue weighted by molar-refractivity contribution is 14.1. The molecule has 0 saturated carbocycles. The predicted octanol–water partition coefficient (Wildman–Crippen LogP) is 3.06. The molecule has 1 aromatic carbocycles. The van der Waals surface area contributed by atoms with Crippen LogP contribution in [-0.4, -0.2) is 11.7 Å². The largest absolute Gasteiger partial charge is 0.495 e. The van der Waals surface area contributed by atoms with Gasteiger partial charge in [-0.15, -0.1) is 0 Å². The third-order valence-electron chi connectivity index (χ3n) is 1.93. The standard InChI is InChI=1S/C10H14INO/c1-3-8-4-5-10(13-2)9(6-8)12-7-11/h4-6,12H,3,7H2,1-2H3. The Bertz CT molecular complexity index is 276. The van der Waals surface area contributed by atoms with Gasteiger partial charge in [-0.3, -0.25) is 0 Å². The minimum atomic E-state index is 0.890. The van der Waals surface area contributed by atoms with Crippen LogP contribution in [0, 0.1) is 0 Å². The van der Waals surface area contributed by atoms with Gasteiger partial charge in [-0.25, -0.2) is 0 Å². The average molecular weight is 291 g/mol. The van der Waals surface area contributed by atoms with E-state index in [1.165, 1.54) is 5.56 Å². The number of alkyl halides is 1. The molecular weight excluding hydrogens is 277 g/mol. The molecule has 0 heterocycles. The maximum Gasteiger partial charge on any atom is 0.141 e. The lowest BCUT2D eigenvalue weighted by molar-refractivity contribution is 0.416. The summed E-state index contributed by atoms with van der Waals surface area (Å²) in [6.07, 6.45) is 1.06. The molecule has 0 aromatic heterocycles. The first-order valence-electron chi connectivity index (χ1n) is 4.28. The molecule has 0 radical (unpaired) electrons. The number of aryl methyl sites for hydroxylation is 1. The zero-order chi connectivity index (χ0) is 9.68. The SMILES string of the molecule is CCc1ccc(OC)c(NCI)c1. The van der Waals surface area contributed by atoms with Crippen molar-refractivity contribution in [3.05, 3.63) is 23.8 Å². The van der Waals surface area contributed by atoms with E-state index in [0.29, 0.717) is 0 Å². The van der Waals surface area contributed by atoms with Crippen molar-refractivity contribution in [3.8, 4) is 5.75 Å². The van der Waals surface area contributed by atoms with Gasteiger partial charge in [0.1, 0.15) is 5.75 Å². The first-order valence-corrected chi connectivity index (χ1v) is 5.81. The molecule has 0 unspecified atom stereocenters. The van der Waals surface area contributed by atoms with Gasteiger partial charge in [0.25, 0.3) is 0 Å². The maximum atomic E-state index is 5.23. The molecular formula is C10H14INO. The fourth-order valence-corrected chi connectivity index (χ4v) is 1.60. The molecule has 3 heteroatoms. The third-order valence-corrected chi connectivity index (χ3v) is 2.31. The molecule has 0 amide bonds. The first kappa shape index (κ1) is 10.6. The predicted molar refractivity (Wildman–Crippen MR) is 64.9 cm³/mol. The van der Waals surface area contributed by atoms with E-state index in [9.17, 15) is 0 Å². The Labute approximate surface area is 92.8 Å². The Morgan fingerprint density at radius 2 is 2.23 bits per heavy atom. The molecule has 0 spiro atoms. The molecule has 0 saturated heterocycles. The summed E-state index contributed by atoms with van der Waals surface area (Å²) in [5.74, 6) is 0.911. The van der Waals surface area contributed by atoms with E-state index >= 15 is 0 Å². The zero-order valence-corrected chi connectivity index (χ0v) is 10.1. The first-order chi connectivity index (χ1) is 6.31. The number of ether oxygens (including phenoxy) is 1. The van der Waals surface area contributed by atoms with Gasteiger partial charge in [-0.05, 0) is 24.1 Å². The molecule has 0 aliphatic rings. The number of benzene rings is 1. The molecule has 13 heavy (non-hydrogen) atoms. The van der Waals surface area contributed by atoms with Crippen LogP contribution >= 0.6 is 22.6 Å². The van der Waals surface area contributed by atoms with Crippen molar-refractivity contribution < 1.29 is 4.74 Å². The van der Waals surface area contributed by atoms with E-state index in [0.717, 1.165) is 22.4 Å². The van der Waals surface area contributed by atoms with Gasteiger partial charge < -0.3 is 10.1 Å². The molecule has 0 bridgehead atoms. The Balaban J connectivity index is 2.95. The van der Waals surface area contributed by atoms with Crippen molar-refractivity contribution in [3.63, 3.8) is 0 Å². The van der Waals surface area contributed by atoms with Crippen molar-refractivity contribution in [2.45, 2.75) is 13.3 Å². The number of rotatable bonds is 4. The Kier molecular flexibility index (Phi) is 4.35. The maximum absolute atomic E-state index is 5.23. The molecule has 0 aliphatic heterocycles. The van der Waals surface area contributed by atoms with E-state index in [-0.39, 0.29) is 0 Å². The third kappa shape index (κ3) is 2.76. The number of halogens is 1. The summed E-state index contributed by atoms with van der Waals surface area (Å²) in [5, 5.41) is 3.26. The topological polar surface area (TPSA) is 21.3 Å². The van der Waals surface area contributed by atoms with E-state index in [4.69, 9.17) is 4.74 Å². The van der Waals surface area contributed by atoms with Crippen molar-refractivity contribution in [1.82, 2.24) is 0 Å². The monoisotopic (exact) mass is 291 g/mol. The highest BCUT2D eigenvalue weighted by Gasteiger charge is 2.01. The van der Waals surface area contributed by atoms with Crippen molar-refractivity contribution in [2.24, 2.45) is 0 Å². The Morgan fingerprint density at radius 1 is 1.46 bits per heavy atom. The van der Waals surface area contributed by atoms with Crippen LogP contribution in [0.15, 0.2) is 18.2 Å². The normalized spacial score (nSPS) is 9.77. The lowest BCUT2D eigenvalue weighted by Crippen LogP contribution is -1.98. The number of hydrogen-bond donors (Lipinski definition) is 1. The van der Waals surface area contributed by atoms with E-state index in [1.807, 2.05) is 6.07 Å². The minimum absolute atomic E-state index is 0.890. The fraction of sp³-hybridized carbons (Fsp3) is 0.400. The summed E-state index contributed by atoms with van der Waals surface area (Å²) in [6, 6.07) is 6.24. The number of methoxy groups -OCH3 is 1. The molecule has 2 nitrogen and oxygen atoms in total. The number of anilines is 1. The minimum Gasteiger partial charge on any atom is -0.495 e. The van der Waals surface area contributed by atoms with Crippen LogP contribution in [0.1, 0.15) is 12.5 Å². The molecule has 0 atom stereocenters. The zero-order valence-electron chi connectivity index (χ0n) is 7.93. The average Bonchev–Trinajstić information content (AvgIpc) is 2.18. The van der Waals surface area contributed by atoms with Gasteiger partial charge in [0.15, 0.2) is 0 Å². The lowest BCUT2D eigenvalue weighted by atomic mass is 10.1. The van der Waals surface area contributed by atoms with Gasteiger partial charge in [-0.1, -0.05) is 35.6 Å². The van der Waals surface area contributed by atoms with Crippen LogP contribution in [-0.2, 0) is 6.42 Å². The van der Waals surface area contributed by atoms with Crippen molar-refractivity contribution >= 4 is 28.3 Å². The summed E-state index contributed by atoms with van der Waals surface area (Å²) in [4.78, 5) is 0. The van der Waals surface area contributed by atoms with Crippen LogP contribution in [0.3, 0.4) is 0 Å². The van der Waals surface area contributed by atoms with E-state index in [1.54, 1.807) is 7.11 Å². The van der Waals surface area contributed by atoms with Crippen molar-refractivity contribution in [2.75, 3.05) is 17.0 Å². The smallest absolute Gasteiger partial charge is 0.141 e. The van der Waals surface area contributed by atoms with E-state index < -0.39 is 0 Å². The molecule has 1 aromatic rings. The van der Waals surface area contributed by atoms with Crippen LogP contribution in [0.4, 0.5) is 5.69 Å². The van der Waals surface area contributed by atoms with Crippen LogP contribution in [0.25, 0.3) is 0 Å². The van der Waals surface area contributed by atoms with Gasteiger partial charge in [0.05, 0.1) is 17.3 Å². The van der Waals surface area contributed by atoms with Gasteiger partial charge in [0.2, 0.25) is 0 Å². The van der Waals surface area contributed by atoms with Gasteiger partial charge in [-0.2, -0.15) is 0 Å². The second-order valence-electron chi connectivity index (χ2n) is 2.70. The van der Waals surface area contributed by atoms with Crippen LogP contribution < -0.4 is 10.1 Å². The van der Waals surface area contributed by atoms with Crippen molar-refractivity contribution in [1.29, 1.82) is 0 Å². The van der Waals surface area contributed by atoms with E-state index in [2.05, 4.69) is 47.0 Å². The van der Waals surface area contributed by atoms with Gasteiger partial charge in [0, 0.05) is 0 Å². The number of nitrogens with one attached hydrogen (secondary N) is 1. The van der Waals surface area contributed by atoms with Gasteiger partial charge >= 0.3 is 0 Å². The molecule has 0 aliphatic carbocycles. The second kappa shape index (κ2) is 5.32. The summed E-state index contributed by atoms with van der Waals surface area (Å²) >= 11 is 2.28. The summed E-state index contributed by atoms with van der Waals surface area (Å²) < 4.78 is 6.12. The molecule has 0 fully saturated rings. The summed E-state index contributed by atoms with van der Waals surface area (Å²) in [5.41, 5.74) is 2.41. The highest BCUT2D eigenvalue weighted by Crippen LogP contribution is 2.25. The highest BCUT2D eigenvalue weighted by atomic mass is 127. The lowest BCUT2D eigenvalue weighted by Gasteiger charge is -2.10. The fourth-order valence-electron chi connectivity index (χ4n) is 1.19. The Hall–Kier alpha value is -0.450. The number of hydrogen-bond acceptors (Lipinski definition) is 2. The summed E-state index contributed by atoms with van der Waals surface area (Å²) in [7, 11) is 1.69. The summed E-state index contributed by atoms with van der Waals surface area (Å²) in [6.45, 7) is 2.15. The van der Waals surface area contributed by atoms with Crippen LogP contribution in [0.5, 0.6) is 5.75 Å². The Morgan fingerprint density at radius 3 is 2.77 bits per heavy atom. The molecule has 72 valence electrons. The second-order valence-corrected chi connectivity index (χ2v) is 3.46. The van der Waals surface area contributed by atoms with Crippen LogP contribution in [0.2, 0.25) is 0 Å². The quantitative estimate of drug-likeness (QED) is 0.523. The molecule has 1 rings (SSSR count).